The highest BCUT2D eigenvalue weighted by molar-refractivity contribution is 6.05. The van der Waals surface area contributed by atoms with E-state index in [1.54, 1.807) is 30.6 Å². The number of ether oxygens (including phenoxy) is 1. The number of fused-ring (bicyclic) bond motifs is 1. The fourth-order valence-corrected chi connectivity index (χ4v) is 2.47. The monoisotopic (exact) mass is 319 g/mol. The lowest BCUT2D eigenvalue weighted by Crippen LogP contribution is -2.12. The maximum absolute atomic E-state index is 12.4. The minimum Gasteiger partial charge on any atom is -0.493 e. The van der Waals surface area contributed by atoms with Gasteiger partial charge >= 0.3 is 0 Å². The molecule has 0 bridgehead atoms. The van der Waals surface area contributed by atoms with E-state index in [9.17, 15) is 4.79 Å². The number of rotatable bonds is 5. The van der Waals surface area contributed by atoms with E-state index in [0.29, 0.717) is 22.7 Å². The number of amides is 1. The predicted octanol–water partition coefficient (Wildman–Crippen LogP) is 3.67. The van der Waals surface area contributed by atoms with Gasteiger partial charge in [-0.3, -0.25) is 14.8 Å². The Morgan fingerprint density at radius 2 is 1.92 bits per heavy atom. The summed E-state index contributed by atoms with van der Waals surface area (Å²) in [5.41, 5.74) is 2.73. The molecule has 5 nitrogen and oxygen atoms in total. The first kappa shape index (κ1) is 14.6. The van der Waals surface area contributed by atoms with Gasteiger partial charge in [0.05, 0.1) is 17.6 Å². The summed E-state index contributed by atoms with van der Waals surface area (Å²) in [5.74, 6) is 1.30. The van der Waals surface area contributed by atoms with E-state index in [4.69, 9.17) is 4.74 Å². The lowest BCUT2D eigenvalue weighted by atomic mass is 10.1. The molecule has 0 spiro atoms. The molecule has 1 saturated carbocycles. The third-order valence-corrected chi connectivity index (χ3v) is 4.01. The molecule has 1 aliphatic carbocycles. The number of hydrogen-bond donors (Lipinski definition) is 1. The summed E-state index contributed by atoms with van der Waals surface area (Å²) < 4.78 is 5.75. The number of carbonyl (C=O) groups excluding carboxylic acids is 1. The van der Waals surface area contributed by atoms with Gasteiger partial charge in [0, 0.05) is 29.7 Å². The van der Waals surface area contributed by atoms with E-state index >= 15 is 0 Å². The highest BCUT2D eigenvalue weighted by Gasteiger charge is 2.21. The molecule has 120 valence electrons. The van der Waals surface area contributed by atoms with E-state index in [2.05, 4.69) is 15.3 Å². The predicted molar refractivity (Wildman–Crippen MR) is 92.2 cm³/mol. The van der Waals surface area contributed by atoms with E-state index in [1.807, 2.05) is 24.3 Å². The van der Waals surface area contributed by atoms with Crippen LogP contribution in [0.2, 0.25) is 0 Å². The molecule has 0 unspecified atom stereocenters. The molecule has 1 aromatic heterocycles. The van der Waals surface area contributed by atoms with Crippen molar-refractivity contribution < 1.29 is 9.53 Å². The fourth-order valence-electron chi connectivity index (χ4n) is 2.47. The fraction of sp³-hybridized carbons (Fsp3) is 0.211. The first-order valence-corrected chi connectivity index (χ1v) is 8.03. The van der Waals surface area contributed by atoms with Crippen LogP contribution in [0.25, 0.3) is 11.0 Å². The van der Waals surface area contributed by atoms with E-state index in [-0.39, 0.29) is 5.91 Å². The van der Waals surface area contributed by atoms with Gasteiger partial charge in [0.25, 0.3) is 5.91 Å². The summed E-state index contributed by atoms with van der Waals surface area (Å²) in [5, 5.41) is 2.90. The Morgan fingerprint density at radius 3 is 2.75 bits per heavy atom. The minimum absolute atomic E-state index is 0.179. The molecule has 0 atom stereocenters. The SMILES string of the molecule is O=C(Nc1cccc(OCC2CC2)c1)c1ccc2nccnc2c1. The average Bonchev–Trinajstić information content (AvgIpc) is 3.44. The second-order valence-corrected chi connectivity index (χ2v) is 6.00. The van der Waals surface area contributed by atoms with Crippen LogP contribution in [0, 0.1) is 5.92 Å². The summed E-state index contributed by atoms with van der Waals surface area (Å²) in [6, 6.07) is 12.8. The third kappa shape index (κ3) is 3.35. The zero-order valence-electron chi connectivity index (χ0n) is 13.1. The summed E-state index contributed by atoms with van der Waals surface area (Å²) in [4.78, 5) is 20.9. The van der Waals surface area contributed by atoms with Crippen molar-refractivity contribution in [2.45, 2.75) is 12.8 Å². The standard InChI is InChI=1S/C19H17N3O2/c23-19(14-6-7-17-18(10-14)21-9-8-20-17)22-15-2-1-3-16(11-15)24-12-13-4-5-13/h1-3,6-11,13H,4-5,12H2,(H,22,23). The second kappa shape index (κ2) is 6.28. The highest BCUT2D eigenvalue weighted by Crippen LogP contribution is 2.30. The maximum atomic E-state index is 12.4. The Hall–Kier alpha value is -2.95. The van der Waals surface area contributed by atoms with Crippen molar-refractivity contribution in [2.75, 3.05) is 11.9 Å². The van der Waals surface area contributed by atoms with Crippen LogP contribution < -0.4 is 10.1 Å². The Kier molecular flexibility index (Phi) is 3.83. The smallest absolute Gasteiger partial charge is 0.255 e. The van der Waals surface area contributed by atoms with Crippen LogP contribution in [0.5, 0.6) is 5.75 Å². The molecule has 1 aliphatic rings. The first-order valence-electron chi connectivity index (χ1n) is 8.03. The van der Waals surface area contributed by atoms with Gasteiger partial charge in [0.15, 0.2) is 0 Å². The van der Waals surface area contributed by atoms with Gasteiger partial charge in [-0.2, -0.15) is 0 Å². The van der Waals surface area contributed by atoms with E-state index in [1.165, 1.54) is 12.8 Å². The number of nitrogens with zero attached hydrogens (tertiary/aromatic N) is 2. The zero-order chi connectivity index (χ0) is 16.4. The molecule has 4 rings (SSSR count). The molecule has 0 aliphatic heterocycles. The molecule has 24 heavy (non-hydrogen) atoms. The van der Waals surface area contributed by atoms with Crippen molar-refractivity contribution in [3.63, 3.8) is 0 Å². The lowest BCUT2D eigenvalue weighted by molar-refractivity contribution is 0.102. The van der Waals surface area contributed by atoms with Crippen LogP contribution in [0.1, 0.15) is 23.2 Å². The topological polar surface area (TPSA) is 64.1 Å². The Morgan fingerprint density at radius 1 is 1.08 bits per heavy atom. The minimum atomic E-state index is -0.179. The molecular weight excluding hydrogens is 302 g/mol. The maximum Gasteiger partial charge on any atom is 0.255 e. The van der Waals surface area contributed by atoms with Crippen LogP contribution in [0.3, 0.4) is 0 Å². The summed E-state index contributed by atoms with van der Waals surface area (Å²) in [6.07, 6.45) is 5.75. The average molecular weight is 319 g/mol. The van der Waals surface area contributed by atoms with Crippen LogP contribution in [-0.4, -0.2) is 22.5 Å². The van der Waals surface area contributed by atoms with Crippen molar-refractivity contribution in [2.24, 2.45) is 5.92 Å². The quantitative estimate of drug-likeness (QED) is 0.779. The van der Waals surface area contributed by atoms with Crippen LogP contribution in [0.4, 0.5) is 5.69 Å². The zero-order valence-corrected chi connectivity index (χ0v) is 13.1. The molecule has 2 aromatic carbocycles. The molecule has 0 saturated heterocycles. The van der Waals surface area contributed by atoms with Gasteiger partial charge in [0.1, 0.15) is 5.75 Å². The molecule has 5 heteroatoms. The summed E-state index contributed by atoms with van der Waals surface area (Å²) in [7, 11) is 0. The molecule has 1 N–H and O–H groups in total. The first-order chi connectivity index (χ1) is 11.8. The lowest BCUT2D eigenvalue weighted by Gasteiger charge is -2.09. The van der Waals surface area contributed by atoms with Gasteiger partial charge in [-0.1, -0.05) is 6.07 Å². The van der Waals surface area contributed by atoms with Crippen molar-refractivity contribution in [1.82, 2.24) is 9.97 Å². The molecule has 3 aromatic rings. The Labute approximate surface area is 139 Å². The van der Waals surface area contributed by atoms with Gasteiger partial charge in [-0.05, 0) is 49.1 Å². The van der Waals surface area contributed by atoms with Crippen molar-refractivity contribution in [3.8, 4) is 5.75 Å². The number of nitrogens with one attached hydrogen (secondary N) is 1. The van der Waals surface area contributed by atoms with Gasteiger partial charge < -0.3 is 10.1 Å². The largest absolute Gasteiger partial charge is 0.493 e. The Bertz CT molecular complexity index is 890. The van der Waals surface area contributed by atoms with Gasteiger partial charge in [0.2, 0.25) is 0 Å². The molecular formula is C19H17N3O2. The van der Waals surface area contributed by atoms with Crippen molar-refractivity contribution >= 4 is 22.6 Å². The summed E-state index contributed by atoms with van der Waals surface area (Å²) in [6.45, 7) is 0.751. The number of carbonyl (C=O) groups is 1. The molecule has 1 heterocycles. The normalized spacial score (nSPS) is 13.7. The second-order valence-electron chi connectivity index (χ2n) is 6.00. The summed E-state index contributed by atoms with van der Waals surface area (Å²) >= 11 is 0. The molecule has 1 fully saturated rings. The van der Waals surface area contributed by atoms with Crippen LogP contribution >= 0.6 is 0 Å². The van der Waals surface area contributed by atoms with E-state index in [0.717, 1.165) is 17.9 Å². The third-order valence-electron chi connectivity index (χ3n) is 4.01. The number of aromatic nitrogens is 2. The van der Waals surface area contributed by atoms with Crippen LogP contribution in [-0.2, 0) is 0 Å². The number of anilines is 1. The molecule has 0 radical (unpaired) electrons. The highest BCUT2D eigenvalue weighted by atomic mass is 16.5. The van der Waals surface area contributed by atoms with Gasteiger partial charge in [-0.15, -0.1) is 0 Å². The molecule has 1 amide bonds. The Balaban J connectivity index is 1.48. The van der Waals surface area contributed by atoms with Crippen molar-refractivity contribution in [3.05, 3.63) is 60.4 Å². The van der Waals surface area contributed by atoms with Crippen molar-refractivity contribution in [1.29, 1.82) is 0 Å². The number of benzene rings is 2. The van der Waals surface area contributed by atoms with Crippen LogP contribution in [0.15, 0.2) is 54.9 Å². The number of hydrogen-bond acceptors (Lipinski definition) is 4. The van der Waals surface area contributed by atoms with Gasteiger partial charge in [-0.25, -0.2) is 0 Å². The van der Waals surface area contributed by atoms with E-state index < -0.39 is 0 Å².